The first-order valence-corrected chi connectivity index (χ1v) is 7.93. The van der Waals surface area contributed by atoms with Crippen molar-refractivity contribution in [1.29, 1.82) is 0 Å². The van der Waals surface area contributed by atoms with Crippen molar-refractivity contribution in [2.75, 3.05) is 0 Å². The normalized spacial score (nSPS) is 10.3. The second-order valence-corrected chi connectivity index (χ2v) is 5.94. The van der Waals surface area contributed by atoms with Gasteiger partial charge in [-0.1, -0.05) is 43.3 Å². The number of hydrogen-bond donors (Lipinski definition) is 0. The first-order chi connectivity index (χ1) is 10.2. The summed E-state index contributed by atoms with van der Waals surface area (Å²) >= 11 is 1.63. The summed E-state index contributed by atoms with van der Waals surface area (Å²) < 4.78 is 0. The highest BCUT2D eigenvalue weighted by atomic mass is 32.2. The molecule has 0 atom stereocenters. The Hall–Kier alpha value is -1.87. The molecule has 0 aliphatic heterocycles. The maximum absolute atomic E-state index is 12.0. The third-order valence-corrected chi connectivity index (χ3v) is 4.12. The van der Waals surface area contributed by atoms with E-state index in [9.17, 15) is 9.59 Å². The average Bonchev–Trinajstić information content (AvgIpc) is 2.53. The van der Waals surface area contributed by atoms with Gasteiger partial charge in [0.2, 0.25) is 11.6 Å². The van der Waals surface area contributed by atoms with Gasteiger partial charge in [-0.25, -0.2) is 0 Å². The number of Topliss-reactive ketones (excluding diaryl/α,β-unsaturated/α-hetero) is 2. The van der Waals surface area contributed by atoms with Crippen LogP contribution in [0.5, 0.6) is 0 Å². The Labute approximate surface area is 129 Å². The van der Waals surface area contributed by atoms with E-state index in [0.29, 0.717) is 12.0 Å². The number of carbonyl (C=O) groups is 2. The maximum atomic E-state index is 12.0. The molecule has 2 nitrogen and oxygen atoms in total. The molecule has 2 aromatic rings. The second kappa shape index (κ2) is 7.79. The van der Waals surface area contributed by atoms with Crippen LogP contribution in [0.1, 0.15) is 36.5 Å². The SMILES string of the molecule is CCCCC(=O)C(=O)c1ccc(Sc2ccccc2)cc1. The zero-order valence-corrected chi connectivity index (χ0v) is 12.9. The van der Waals surface area contributed by atoms with E-state index in [2.05, 4.69) is 0 Å². The molecular formula is C18H18O2S. The smallest absolute Gasteiger partial charge is 0.228 e. The molecule has 0 amide bonds. The molecule has 0 unspecified atom stereocenters. The molecule has 0 bridgehead atoms. The molecule has 0 aliphatic carbocycles. The lowest BCUT2D eigenvalue weighted by Gasteiger charge is -2.03. The van der Waals surface area contributed by atoms with Gasteiger partial charge in [0.25, 0.3) is 0 Å². The van der Waals surface area contributed by atoms with Crippen LogP contribution in [0.3, 0.4) is 0 Å². The summed E-state index contributed by atoms with van der Waals surface area (Å²) in [5.74, 6) is -0.667. The molecule has 0 spiro atoms. The Bertz CT molecular complexity index is 603. The van der Waals surface area contributed by atoms with Gasteiger partial charge in [-0.15, -0.1) is 0 Å². The Kier molecular flexibility index (Phi) is 5.76. The molecule has 0 fully saturated rings. The molecule has 2 aromatic carbocycles. The van der Waals surface area contributed by atoms with Crippen molar-refractivity contribution in [2.45, 2.75) is 36.0 Å². The third-order valence-electron chi connectivity index (χ3n) is 3.11. The lowest BCUT2D eigenvalue weighted by molar-refractivity contribution is -0.115. The molecule has 2 rings (SSSR count). The summed E-state index contributed by atoms with van der Waals surface area (Å²) in [4.78, 5) is 25.9. The van der Waals surface area contributed by atoms with Crippen molar-refractivity contribution in [3.05, 3.63) is 60.2 Å². The van der Waals surface area contributed by atoms with E-state index in [-0.39, 0.29) is 11.6 Å². The molecule has 0 radical (unpaired) electrons. The minimum Gasteiger partial charge on any atom is -0.290 e. The van der Waals surface area contributed by atoms with Gasteiger partial charge in [-0.2, -0.15) is 0 Å². The van der Waals surface area contributed by atoms with E-state index in [1.165, 1.54) is 0 Å². The predicted octanol–water partition coefficient (Wildman–Crippen LogP) is 4.78. The van der Waals surface area contributed by atoms with Gasteiger partial charge < -0.3 is 0 Å². The highest BCUT2D eigenvalue weighted by Crippen LogP contribution is 2.27. The van der Waals surface area contributed by atoms with Crippen molar-refractivity contribution in [3.8, 4) is 0 Å². The van der Waals surface area contributed by atoms with Crippen LogP contribution in [-0.2, 0) is 4.79 Å². The number of rotatable bonds is 7. The molecule has 0 aliphatic rings. The van der Waals surface area contributed by atoms with Gasteiger partial charge in [0.15, 0.2) is 0 Å². The number of benzene rings is 2. The van der Waals surface area contributed by atoms with Gasteiger partial charge in [-0.3, -0.25) is 9.59 Å². The van der Waals surface area contributed by atoms with Crippen molar-refractivity contribution in [1.82, 2.24) is 0 Å². The topological polar surface area (TPSA) is 34.1 Å². The molecule has 21 heavy (non-hydrogen) atoms. The summed E-state index contributed by atoms with van der Waals surface area (Å²) in [6.45, 7) is 2.01. The van der Waals surface area contributed by atoms with E-state index < -0.39 is 0 Å². The number of hydrogen-bond acceptors (Lipinski definition) is 3. The van der Waals surface area contributed by atoms with Crippen LogP contribution >= 0.6 is 11.8 Å². The first-order valence-electron chi connectivity index (χ1n) is 7.11. The van der Waals surface area contributed by atoms with E-state index >= 15 is 0 Å². The van der Waals surface area contributed by atoms with Gasteiger partial charge >= 0.3 is 0 Å². The Morgan fingerprint density at radius 1 is 0.905 bits per heavy atom. The largest absolute Gasteiger partial charge is 0.290 e. The van der Waals surface area contributed by atoms with E-state index in [1.807, 2.05) is 49.4 Å². The summed E-state index contributed by atoms with van der Waals surface area (Å²) in [6.07, 6.45) is 2.04. The van der Waals surface area contributed by atoms with Crippen molar-refractivity contribution >= 4 is 23.3 Å². The third kappa shape index (κ3) is 4.57. The molecule has 0 saturated carbocycles. The van der Waals surface area contributed by atoms with Gasteiger partial charge in [0, 0.05) is 21.8 Å². The molecule has 0 N–H and O–H groups in total. The highest BCUT2D eigenvalue weighted by molar-refractivity contribution is 7.99. The van der Waals surface area contributed by atoms with Crippen molar-refractivity contribution in [3.63, 3.8) is 0 Å². The zero-order chi connectivity index (χ0) is 15.1. The number of unbranched alkanes of at least 4 members (excludes halogenated alkanes) is 1. The fourth-order valence-electron chi connectivity index (χ4n) is 1.91. The lowest BCUT2D eigenvalue weighted by Crippen LogP contribution is -2.13. The van der Waals surface area contributed by atoms with Crippen molar-refractivity contribution in [2.24, 2.45) is 0 Å². The summed E-state index contributed by atoms with van der Waals surface area (Å²) in [5, 5.41) is 0. The van der Waals surface area contributed by atoms with Crippen LogP contribution in [0.25, 0.3) is 0 Å². The van der Waals surface area contributed by atoms with Gasteiger partial charge in [-0.05, 0) is 42.8 Å². The lowest BCUT2D eigenvalue weighted by atomic mass is 10.0. The molecule has 0 heterocycles. The van der Waals surface area contributed by atoms with Crippen LogP contribution in [0.15, 0.2) is 64.4 Å². The Morgan fingerprint density at radius 2 is 1.52 bits per heavy atom. The zero-order valence-electron chi connectivity index (χ0n) is 12.0. The predicted molar refractivity (Wildman–Crippen MR) is 85.9 cm³/mol. The van der Waals surface area contributed by atoms with E-state index in [4.69, 9.17) is 0 Å². The average molecular weight is 298 g/mol. The first kappa shape index (κ1) is 15.5. The van der Waals surface area contributed by atoms with Crippen LogP contribution in [0, 0.1) is 0 Å². The molecule has 3 heteroatoms. The summed E-state index contributed by atoms with van der Waals surface area (Å²) in [6, 6.07) is 17.3. The number of ketones is 2. The fourth-order valence-corrected chi connectivity index (χ4v) is 2.75. The molecular weight excluding hydrogens is 280 g/mol. The Morgan fingerprint density at radius 3 is 2.14 bits per heavy atom. The van der Waals surface area contributed by atoms with E-state index in [1.54, 1.807) is 23.9 Å². The quantitative estimate of drug-likeness (QED) is 0.545. The fraction of sp³-hybridized carbons (Fsp3) is 0.222. The highest BCUT2D eigenvalue weighted by Gasteiger charge is 2.15. The second-order valence-electron chi connectivity index (χ2n) is 4.80. The minimum absolute atomic E-state index is 0.291. The van der Waals surface area contributed by atoms with Crippen LogP contribution < -0.4 is 0 Å². The molecule has 0 aromatic heterocycles. The van der Waals surface area contributed by atoms with Crippen molar-refractivity contribution < 1.29 is 9.59 Å². The Balaban J connectivity index is 2.02. The van der Waals surface area contributed by atoms with Gasteiger partial charge in [0.1, 0.15) is 0 Å². The maximum Gasteiger partial charge on any atom is 0.228 e. The van der Waals surface area contributed by atoms with Gasteiger partial charge in [0.05, 0.1) is 0 Å². The monoisotopic (exact) mass is 298 g/mol. The minimum atomic E-state index is -0.375. The van der Waals surface area contributed by atoms with Crippen LogP contribution in [0.4, 0.5) is 0 Å². The van der Waals surface area contributed by atoms with Crippen LogP contribution in [-0.4, -0.2) is 11.6 Å². The number of carbonyl (C=O) groups excluding carboxylic acids is 2. The van der Waals surface area contributed by atoms with E-state index in [0.717, 1.165) is 22.6 Å². The molecule has 108 valence electrons. The van der Waals surface area contributed by atoms with Crippen LogP contribution in [0.2, 0.25) is 0 Å². The standard InChI is InChI=1S/C18H18O2S/c1-2-3-9-17(19)18(20)14-10-12-16(13-11-14)21-15-7-5-4-6-8-15/h4-8,10-13H,2-3,9H2,1H3. The summed E-state index contributed by atoms with van der Waals surface area (Å²) in [7, 11) is 0. The molecule has 0 saturated heterocycles. The summed E-state index contributed by atoms with van der Waals surface area (Å²) in [5.41, 5.74) is 0.480.